The third kappa shape index (κ3) is 8.98. The topological polar surface area (TPSA) is 108 Å². The molecule has 1 aliphatic rings. The predicted molar refractivity (Wildman–Crippen MR) is 71.1 cm³/mol. The summed E-state index contributed by atoms with van der Waals surface area (Å²) in [6.07, 6.45) is 3.96. The number of hydrogen-bond acceptors (Lipinski definition) is 5. The molecule has 106 valence electrons. The van der Waals surface area contributed by atoms with E-state index in [-0.39, 0.29) is 21.1 Å². The van der Waals surface area contributed by atoms with Crippen LogP contribution in [-0.2, 0) is 4.79 Å². The first-order valence-electron chi connectivity index (χ1n) is 6.46. The number of aliphatic imine (C=N–C) groups is 2. The number of carbonyl (C=O) groups excluding carboxylic acids is 1. The van der Waals surface area contributed by atoms with Crippen LogP contribution in [-0.4, -0.2) is 50.2 Å². The minimum atomic E-state index is -1.88. The smallest absolute Gasteiger partial charge is 0.280 e. The fourth-order valence-corrected chi connectivity index (χ4v) is 5.33. The summed E-state index contributed by atoms with van der Waals surface area (Å²) >= 11 is 0.149. The van der Waals surface area contributed by atoms with E-state index < -0.39 is 23.9 Å². The van der Waals surface area contributed by atoms with Crippen molar-refractivity contribution in [2.45, 2.75) is 54.5 Å². The van der Waals surface area contributed by atoms with E-state index in [1.54, 1.807) is 8.87 Å². The molecule has 1 N–H and O–H groups in total. The average Bonchev–Trinajstić information content (AvgIpc) is 2.36. The fraction of sp³-hybridized carbons (Fsp3) is 0.750. The molecule has 0 aromatic rings. The average molecular weight is 375 g/mol. The maximum absolute atomic E-state index is 10.3. The molecule has 1 heterocycles. The van der Waals surface area contributed by atoms with Crippen LogP contribution in [0.4, 0.5) is 0 Å². The van der Waals surface area contributed by atoms with Crippen molar-refractivity contribution >= 4 is 39.0 Å². The number of unbranched alkanes of at least 4 members (excludes halogenated alkanes) is 2. The van der Waals surface area contributed by atoms with Gasteiger partial charge in [-0.1, -0.05) is 0 Å². The molecule has 6 nitrogen and oxygen atoms in total. The van der Waals surface area contributed by atoms with E-state index in [1.165, 1.54) is 25.7 Å². The second kappa shape index (κ2) is 11.2. The van der Waals surface area contributed by atoms with Gasteiger partial charge in [0.15, 0.2) is 6.10 Å². The molecule has 1 aliphatic heterocycles. The largest absolute Gasteiger partial charge is 0.860 e. The maximum atomic E-state index is 10.3. The van der Waals surface area contributed by atoms with Gasteiger partial charge < -0.3 is 15.3 Å². The fourth-order valence-electron chi connectivity index (χ4n) is 1.17. The second-order valence-electron chi connectivity index (χ2n) is 4.04. The number of amidine groups is 1. The number of aliphatic hydroxyl groups is 1. The van der Waals surface area contributed by atoms with E-state index in [4.69, 9.17) is 5.11 Å². The van der Waals surface area contributed by atoms with Crippen molar-refractivity contribution in [3.8, 4) is 0 Å². The number of rotatable bonds is 6. The van der Waals surface area contributed by atoms with Crippen LogP contribution in [0.1, 0.15) is 39.5 Å². The molecule has 0 aromatic carbocycles. The Morgan fingerprint density at radius 2 is 1.68 bits per heavy atom. The van der Waals surface area contributed by atoms with Gasteiger partial charge in [0.2, 0.25) is 0 Å². The zero-order valence-electron chi connectivity index (χ0n) is 11.4. The van der Waals surface area contributed by atoms with Gasteiger partial charge in [-0.15, -0.1) is 0 Å². The van der Waals surface area contributed by atoms with Gasteiger partial charge in [-0.3, -0.25) is 9.79 Å². The zero-order chi connectivity index (χ0) is 14.7. The molecule has 0 spiro atoms. The van der Waals surface area contributed by atoms with Crippen LogP contribution < -0.4 is 10.2 Å². The summed E-state index contributed by atoms with van der Waals surface area (Å²) < 4.78 is 3.25. The standard InChI is InChI=1S/C4H4N2O4.2C4H9.Sn/c7-1-2(8)5-4(10)6-3(1)9;2*1-3-4-2;/h1,7H,(H2,5,6,8,9,10);2*1,3-4H2,2H3;/q;;;+2/p-2. The Bertz CT molecular complexity index is 326. The van der Waals surface area contributed by atoms with E-state index in [9.17, 15) is 15.0 Å². The second-order valence-corrected chi connectivity index (χ2v) is 8.32. The molecule has 1 atom stereocenters. The van der Waals surface area contributed by atoms with Gasteiger partial charge in [0.05, 0.1) is 6.02 Å². The third-order valence-electron chi connectivity index (χ3n) is 2.29. The minimum absolute atomic E-state index is 0.149. The van der Waals surface area contributed by atoms with Crippen molar-refractivity contribution in [1.29, 1.82) is 0 Å². The van der Waals surface area contributed by atoms with Crippen molar-refractivity contribution < 1.29 is 20.1 Å². The molecular formula is C12H20N2O4Sn. The Labute approximate surface area is 123 Å². The van der Waals surface area contributed by atoms with Gasteiger partial charge in [0.25, 0.3) is 5.91 Å². The van der Waals surface area contributed by atoms with E-state index >= 15 is 0 Å². The number of carbonyl (C=O) groups is 1. The van der Waals surface area contributed by atoms with Gasteiger partial charge in [0.1, 0.15) is 0 Å². The zero-order valence-corrected chi connectivity index (χ0v) is 14.2. The summed E-state index contributed by atoms with van der Waals surface area (Å²) in [5, 5.41) is 29.0. The maximum Gasteiger partial charge on any atom is 0.280 e. The van der Waals surface area contributed by atoms with Gasteiger partial charge in [0, 0.05) is 5.90 Å². The van der Waals surface area contributed by atoms with Crippen LogP contribution in [0.5, 0.6) is 0 Å². The molecule has 0 radical (unpaired) electrons. The van der Waals surface area contributed by atoms with Crippen molar-refractivity contribution in [3.05, 3.63) is 0 Å². The number of aliphatic hydroxyl groups excluding tert-OH is 1. The molecule has 1 amide bonds. The van der Waals surface area contributed by atoms with E-state index in [1.807, 2.05) is 0 Å². The molecule has 7 heteroatoms. The molecule has 1 unspecified atom stereocenters. The van der Waals surface area contributed by atoms with Gasteiger partial charge >= 0.3 is 69.5 Å². The van der Waals surface area contributed by atoms with E-state index in [2.05, 4.69) is 23.8 Å². The quantitative estimate of drug-likeness (QED) is 0.498. The summed E-state index contributed by atoms with van der Waals surface area (Å²) in [6.45, 7) is 4.58. The van der Waals surface area contributed by atoms with Crippen LogP contribution in [0, 0.1) is 0 Å². The first-order valence-corrected chi connectivity index (χ1v) is 10.5. The Morgan fingerprint density at radius 1 is 1.16 bits per heavy atom. The molecule has 19 heavy (non-hydrogen) atoms. The normalized spacial score (nSPS) is 17.8. The number of nitrogens with zero attached hydrogens (tertiary/aromatic N) is 2. The first kappa shape index (κ1) is 18.4. The minimum Gasteiger partial charge on any atom is -0.860 e. The molecule has 0 bridgehead atoms. The SMILES string of the molecule is CCC[CH2][Sn+2][CH2]CCC.O=C1N=C([O-])N=C([O-])C1O. The van der Waals surface area contributed by atoms with E-state index in [0.717, 1.165) is 0 Å². The summed E-state index contributed by atoms with van der Waals surface area (Å²) in [4.78, 5) is 15.7. The first-order chi connectivity index (χ1) is 9.02. The van der Waals surface area contributed by atoms with Crippen molar-refractivity contribution in [2.24, 2.45) is 9.98 Å². The monoisotopic (exact) mass is 376 g/mol. The Hall–Kier alpha value is -0.631. The van der Waals surface area contributed by atoms with E-state index in [0.29, 0.717) is 0 Å². The summed E-state index contributed by atoms with van der Waals surface area (Å²) in [5.74, 6) is -2.30. The third-order valence-corrected chi connectivity index (χ3v) is 6.33. The molecule has 0 saturated carbocycles. The predicted octanol–water partition coefficient (Wildman–Crippen LogP) is -0.510. The van der Waals surface area contributed by atoms with Crippen molar-refractivity contribution in [2.75, 3.05) is 0 Å². The molecular weight excluding hydrogens is 355 g/mol. The van der Waals surface area contributed by atoms with Crippen LogP contribution in [0.3, 0.4) is 0 Å². The van der Waals surface area contributed by atoms with Crippen LogP contribution >= 0.6 is 0 Å². The molecule has 0 aliphatic carbocycles. The van der Waals surface area contributed by atoms with Crippen LogP contribution in [0.25, 0.3) is 0 Å². The summed E-state index contributed by atoms with van der Waals surface area (Å²) in [5.41, 5.74) is 0. The van der Waals surface area contributed by atoms with Gasteiger partial charge in [-0.2, -0.15) is 0 Å². The summed E-state index contributed by atoms with van der Waals surface area (Å²) in [6, 6.07) is -1.15. The summed E-state index contributed by atoms with van der Waals surface area (Å²) in [7, 11) is 0. The molecule has 0 fully saturated rings. The number of amides is 1. The van der Waals surface area contributed by atoms with Gasteiger partial charge in [-0.05, 0) is 0 Å². The number of hydrogen-bond donors (Lipinski definition) is 1. The molecule has 0 saturated heterocycles. The Balaban J connectivity index is 0.000000344. The molecule has 1 rings (SSSR count). The van der Waals surface area contributed by atoms with Crippen molar-refractivity contribution in [1.82, 2.24) is 0 Å². The van der Waals surface area contributed by atoms with Crippen LogP contribution in [0.15, 0.2) is 9.98 Å². The Morgan fingerprint density at radius 3 is 2.11 bits per heavy atom. The van der Waals surface area contributed by atoms with Crippen LogP contribution in [0.2, 0.25) is 8.87 Å². The van der Waals surface area contributed by atoms with Gasteiger partial charge in [-0.25, -0.2) is 4.99 Å². The molecule has 0 aromatic heterocycles. The Kier molecular flexibility index (Phi) is 10.8. The van der Waals surface area contributed by atoms with Crippen molar-refractivity contribution in [3.63, 3.8) is 0 Å².